The quantitative estimate of drug-likeness (QED) is 0.0603. The molecule has 0 saturated carbocycles. The highest BCUT2D eigenvalue weighted by Gasteiger charge is 2.17. The molecule has 0 aliphatic carbocycles. The normalized spacial score (nSPS) is 12.2. The third-order valence-corrected chi connectivity index (χ3v) is 13.1. The molecule has 0 amide bonds. The van der Waals surface area contributed by atoms with Crippen LogP contribution in [0.25, 0.3) is 12.2 Å². The van der Waals surface area contributed by atoms with Crippen LogP contribution < -0.4 is 31.1 Å². The van der Waals surface area contributed by atoms with Gasteiger partial charge in [-0.05, 0) is 112 Å². The van der Waals surface area contributed by atoms with Crippen LogP contribution in [-0.2, 0) is 40.5 Å². The van der Waals surface area contributed by atoms with Gasteiger partial charge in [-0.1, -0.05) is 24.3 Å². The second-order valence-corrected chi connectivity index (χ2v) is 19.6. The molecule has 24 nitrogen and oxygen atoms in total. The fourth-order valence-electron chi connectivity index (χ4n) is 6.29. The van der Waals surface area contributed by atoms with E-state index >= 15 is 0 Å². The first-order valence-electron chi connectivity index (χ1n) is 20.1. The third-order valence-electron chi connectivity index (χ3n) is 9.66. The molecule has 68 heavy (non-hydrogen) atoms. The van der Waals surface area contributed by atoms with Crippen molar-refractivity contribution in [2.45, 2.75) is 47.3 Å². The Hall–Kier alpha value is -6.92. The number of nitrogens with zero attached hydrogens (tertiary/aromatic N) is 8. The Morgan fingerprint density at radius 1 is 0.412 bits per heavy atom. The maximum absolute atomic E-state index is 12.6. The van der Waals surface area contributed by atoms with Crippen molar-refractivity contribution in [2.75, 3.05) is 57.2 Å². The SMILES string of the molecule is CCN(CC)c1nc(Nc2ccc(S(=O)(=O)[O-])cc2)nc(Nc2ccc(/C=C/c3ccc(Nc4nc(Nc5ccc(S(=O)(=O)[O-])cc5)nc(N(CC)CC)n4)cc3S(=O)(=O)[O-])c(S(=O)(=O)[O-])c2)n1. The second-order valence-electron chi connectivity index (χ2n) is 14.1. The van der Waals surface area contributed by atoms with Crippen molar-refractivity contribution in [2.24, 2.45) is 0 Å². The second kappa shape index (κ2) is 20.5. The fourth-order valence-corrected chi connectivity index (χ4v) is 8.62. The van der Waals surface area contributed by atoms with Crippen LogP contribution in [0.1, 0.15) is 38.8 Å². The summed E-state index contributed by atoms with van der Waals surface area (Å²) in [6, 6.07) is 17.0. The third kappa shape index (κ3) is 12.9. The lowest BCUT2D eigenvalue weighted by Crippen LogP contribution is -2.25. The van der Waals surface area contributed by atoms with Crippen molar-refractivity contribution in [1.82, 2.24) is 29.9 Å². The van der Waals surface area contributed by atoms with Gasteiger partial charge in [0, 0.05) is 48.9 Å². The van der Waals surface area contributed by atoms with Crippen molar-refractivity contribution in [3.63, 3.8) is 0 Å². The Labute approximate surface area is 391 Å². The summed E-state index contributed by atoms with van der Waals surface area (Å²) in [4.78, 5) is 27.5. The summed E-state index contributed by atoms with van der Waals surface area (Å²) in [6.45, 7) is 9.30. The summed E-state index contributed by atoms with van der Waals surface area (Å²) < 4.78 is 144. The fraction of sp³-hybridized carbons (Fsp3) is 0.200. The van der Waals surface area contributed by atoms with Gasteiger partial charge in [0.2, 0.25) is 35.7 Å². The number of benzene rings is 4. The molecule has 0 unspecified atom stereocenters. The van der Waals surface area contributed by atoms with Crippen molar-refractivity contribution in [3.8, 4) is 0 Å². The molecule has 4 N–H and O–H groups in total. The van der Waals surface area contributed by atoms with E-state index in [-0.39, 0.29) is 58.2 Å². The Morgan fingerprint density at radius 3 is 0.956 bits per heavy atom. The van der Waals surface area contributed by atoms with Gasteiger partial charge in [-0.3, -0.25) is 0 Å². The van der Waals surface area contributed by atoms with Crippen LogP contribution in [0.5, 0.6) is 0 Å². The van der Waals surface area contributed by atoms with E-state index in [4.69, 9.17) is 0 Å². The number of anilines is 10. The van der Waals surface area contributed by atoms with Crippen LogP contribution in [0.4, 0.5) is 58.4 Å². The minimum Gasteiger partial charge on any atom is -0.744 e. The number of aromatic nitrogens is 6. The molecular formula is C40H40N12O12S4-4. The first-order chi connectivity index (χ1) is 32.0. The average Bonchev–Trinajstić information content (AvgIpc) is 3.26. The zero-order chi connectivity index (χ0) is 49.6. The summed E-state index contributed by atoms with van der Waals surface area (Å²) >= 11 is 0. The van der Waals surface area contributed by atoms with E-state index in [1.165, 1.54) is 48.5 Å². The Morgan fingerprint density at radius 2 is 0.691 bits per heavy atom. The van der Waals surface area contributed by atoms with Gasteiger partial charge in [0.15, 0.2) is 0 Å². The molecule has 0 atom stereocenters. The molecule has 0 fully saturated rings. The van der Waals surface area contributed by atoms with Crippen molar-refractivity contribution < 1.29 is 51.9 Å². The highest BCUT2D eigenvalue weighted by Crippen LogP contribution is 2.30. The van der Waals surface area contributed by atoms with Crippen LogP contribution in [-0.4, -0.2) is 108 Å². The minimum absolute atomic E-state index is 0.0226. The first kappa shape index (κ1) is 50.5. The van der Waals surface area contributed by atoms with Crippen molar-refractivity contribution >= 4 is 111 Å². The Kier molecular flexibility index (Phi) is 15.2. The minimum atomic E-state index is -5.20. The summed E-state index contributed by atoms with van der Waals surface area (Å²) in [5.74, 6) is 0.144. The Balaban J connectivity index is 1.29. The van der Waals surface area contributed by atoms with Crippen LogP contribution in [0.3, 0.4) is 0 Å². The van der Waals surface area contributed by atoms with Gasteiger partial charge in [-0.15, -0.1) is 0 Å². The highest BCUT2D eigenvalue weighted by molar-refractivity contribution is 7.86. The zero-order valence-electron chi connectivity index (χ0n) is 36.2. The van der Waals surface area contributed by atoms with Crippen LogP contribution >= 0.6 is 0 Å². The summed E-state index contributed by atoms with van der Waals surface area (Å²) in [5, 5.41) is 11.5. The number of rotatable bonds is 20. The van der Waals surface area contributed by atoms with Gasteiger partial charge in [0.1, 0.15) is 40.5 Å². The topological polar surface area (TPSA) is 361 Å². The van der Waals surface area contributed by atoms with Gasteiger partial charge in [0.05, 0.1) is 19.6 Å². The molecule has 0 saturated heterocycles. The maximum Gasteiger partial charge on any atom is 0.233 e. The molecule has 0 aliphatic heterocycles. The van der Waals surface area contributed by atoms with E-state index in [1.54, 1.807) is 9.80 Å². The summed E-state index contributed by atoms with van der Waals surface area (Å²) in [5.41, 5.74) is 0.356. The van der Waals surface area contributed by atoms with Crippen LogP contribution in [0.15, 0.2) is 105 Å². The molecule has 6 aromatic rings. The number of nitrogens with one attached hydrogen (secondary N) is 4. The molecule has 0 radical (unpaired) electrons. The molecule has 0 spiro atoms. The highest BCUT2D eigenvalue weighted by atomic mass is 32.2. The molecule has 28 heteroatoms. The molecule has 0 bridgehead atoms. The molecular weight excluding hydrogens is 969 g/mol. The number of hydrogen-bond donors (Lipinski definition) is 4. The predicted molar refractivity (Wildman–Crippen MR) is 246 cm³/mol. The molecule has 2 aromatic heterocycles. The summed E-state index contributed by atoms with van der Waals surface area (Å²) in [7, 11) is -19.8. The first-order valence-corrected chi connectivity index (χ1v) is 25.7. The molecule has 4 aromatic carbocycles. The van der Waals surface area contributed by atoms with E-state index in [9.17, 15) is 51.9 Å². The van der Waals surface area contributed by atoms with Gasteiger partial charge < -0.3 is 49.3 Å². The van der Waals surface area contributed by atoms with E-state index in [0.29, 0.717) is 37.6 Å². The van der Waals surface area contributed by atoms with E-state index < -0.39 is 60.1 Å². The van der Waals surface area contributed by atoms with Gasteiger partial charge in [-0.25, -0.2) is 33.7 Å². The zero-order valence-corrected chi connectivity index (χ0v) is 39.4. The van der Waals surface area contributed by atoms with Crippen molar-refractivity contribution in [1.29, 1.82) is 0 Å². The molecule has 0 aliphatic rings. The lowest BCUT2D eigenvalue weighted by molar-refractivity contribution is 0.460. The molecule has 6 rings (SSSR count). The molecule has 360 valence electrons. The Bertz CT molecular complexity index is 3080. The van der Waals surface area contributed by atoms with Gasteiger partial charge in [0.25, 0.3) is 0 Å². The lowest BCUT2D eigenvalue weighted by atomic mass is 10.1. The largest absolute Gasteiger partial charge is 0.744 e. The lowest BCUT2D eigenvalue weighted by Gasteiger charge is -2.20. The van der Waals surface area contributed by atoms with E-state index in [2.05, 4.69) is 51.2 Å². The number of hydrogen-bond acceptors (Lipinski definition) is 24. The standard InChI is InChI=1S/C40H44N12O12S4/c1-5-51(6-2)39-47-35(41-27-15-19-31(20-16-27)65(53,54)55)45-37(49-39)43-29-13-11-25(33(23-29)67(59,60)61)9-10-26-12-14-30(24-34(26)68(62,63)64)44-38-46-36(48-40(50-38)52(7-3)8-4)42-28-17-21-32(22-18-28)66(56,57)58/h9-24H,5-8H2,1-4H3,(H,53,54,55)(H,56,57,58)(H,59,60,61)(H,62,63,64)(H2,41,43,45,47,49)(H2,42,44,46,48,50)/p-4/b10-9+. The summed E-state index contributed by atoms with van der Waals surface area (Å²) in [6.07, 6.45) is 2.27. The predicted octanol–water partition coefficient (Wildman–Crippen LogP) is 4.51. The molecule has 2 heterocycles. The maximum atomic E-state index is 12.6. The van der Waals surface area contributed by atoms with Crippen LogP contribution in [0, 0.1) is 0 Å². The monoisotopic (exact) mass is 1010 g/mol. The van der Waals surface area contributed by atoms with E-state index in [0.717, 1.165) is 48.6 Å². The smallest absolute Gasteiger partial charge is 0.233 e. The van der Waals surface area contributed by atoms with Crippen LogP contribution in [0.2, 0.25) is 0 Å². The van der Waals surface area contributed by atoms with Gasteiger partial charge in [-0.2, -0.15) is 29.9 Å². The average molecular weight is 1010 g/mol. The van der Waals surface area contributed by atoms with Gasteiger partial charge >= 0.3 is 0 Å². The van der Waals surface area contributed by atoms with E-state index in [1.807, 2.05) is 27.7 Å². The van der Waals surface area contributed by atoms with Crippen molar-refractivity contribution in [3.05, 3.63) is 96.1 Å².